The van der Waals surface area contributed by atoms with Crippen molar-refractivity contribution in [3.05, 3.63) is 80.9 Å². The zero-order chi connectivity index (χ0) is 21.3. The maximum absolute atomic E-state index is 13.0. The zero-order valence-electron chi connectivity index (χ0n) is 16.0. The van der Waals surface area contributed by atoms with Crippen LogP contribution in [0, 0.1) is 0 Å². The van der Waals surface area contributed by atoms with Gasteiger partial charge in [0, 0.05) is 10.4 Å². The van der Waals surface area contributed by atoms with Crippen LogP contribution in [0.4, 0.5) is 0 Å². The van der Waals surface area contributed by atoms with Crippen molar-refractivity contribution in [2.24, 2.45) is 0 Å². The molecule has 6 nitrogen and oxygen atoms in total. The first-order valence-corrected chi connectivity index (χ1v) is 10.5. The number of halogens is 1. The fourth-order valence-corrected chi connectivity index (χ4v) is 4.50. The van der Waals surface area contributed by atoms with Crippen LogP contribution >= 0.6 is 22.9 Å². The van der Waals surface area contributed by atoms with Crippen molar-refractivity contribution in [1.29, 1.82) is 0 Å². The summed E-state index contributed by atoms with van der Waals surface area (Å²) < 4.78 is 10.9. The second kappa shape index (κ2) is 8.38. The number of benzene rings is 1. The summed E-state index contributed by atoms with van der Waals surface area (Å²) in [7, 11) is 0. The third kappa shape index (κ3) is 3.62. The predicted molar refractivity (Wildman–Crippen MR) is 113 cm³/mol. The molecule has 1 aromatic carbocycles. The van der Waals surface area contributed by atoms with Crippen LogP contribution in [0.1, 0.15) is 29.2 Å². The molecule has 30 heavy (non-hydrogen) atoms. The molecule has 3 heterocycles. The molecule has 1 aliphatic rings. The fourth-order valence-electron chi connectivity index (χ4n) is 3.44. The number of ketones is 1. The molecule has 4 rings (SSSR count). The van der Waals surface area contributed by atoms with Gasteiger partial charge in [0.2, 0.25) is 0 Å². The van der Waals surface area contributed by atoms with Gasteiger partial charge in [0.05, 0.1) is 30.0 Å². The summed E-state index contributed by atoms with van der Waals surface area (Å²) in [6, 6.07) is 11.2. The average molecular weight is 444 g/mol. The number of carbonyl (C=O) groups excluding carboxylic acids is 2. The molecule has 1 amide bonds. The normalized spacial score (nSPS) is 18.2. The molecule has 0 radical (unpaired) electrons. The summed E-state index contributed by atoms with van der Waals surface area (Å²) in [5, 5.41) is 13.2. The van der Waals surface area contributed by atoms with Crippen LogP contribution in [0.25, 0.3) is 5.76 Å². The summed E-state index contributed by atoms with van der Waals surface area (Å²) in [5.41, 5.74) is 0.227. The fraction of sp³-hybridized carbons (Fsp3) is 0.182. The summed E-state index contributed by atoms with van der Waals surface area (Å²) in [4.78, 5) is 28.0. The lowest BCUT2D eigenvalue weighted by atomic mass is 9.99. The molecular weight excluding hydrogens is 426 g/mol. The number of furan rings is 1. The SMILES string of the molecule is CCOc1ccc(Cl)c(/C(O)=C2/C(=O)C(=O)N(Cc3ccco3)C2c2cccs2)c1. The van der Waals surface area contributed by atoms with Gasteiger partial charge >= 0.3 is 0 Å². The van der Waals surface area contributed by atoms with Gasteiger partial charge in [-0.15, -0.1) is 11.3 Å². The molecular formula is C22H18ClNO5S. The van der Waals surface area contributed by atoms with E-state index in [4.69, 9.17) is 20.8 Å². The highest BCUT2D eigenvalue weighted by atomic mass is 35.5. The third-order valence-corrected chi connectivity index (χ3v) is 6.02. The van der Waals surface area contributed by atoms with Gasteiger partial charge in [0.15, 0.2) is 0 Å². The Morgan fingerprint density at radius 3 is 2.77 bits per heavy atom. The Balaban J connectivity index is 1.85. The van der Waals surface area contributed by atoms with Gasteiger partial charge in [-0.25, -0.2) is 0 Å². The van der Waals surface area contributed by atoms with Gasteiger partial charge in [-0.1, -0.05) is 17.7 Å². The van der Waals surface area contributed by atoms with Crippen LogP contribution in [0.15, 0.2) is 64.1 Å². The molecule has 1 N–H and O–H groups in total. The molecule has 0 saturated carbocycles. The minimum atomic E-state index is -0.768. The largest absolute Gasteiger partial charge is 0.507 e. The maximum atomic E-state index is 13.0. The molecule has 1 unspecified atom stereocenters. The first kappa shape index (κ1) is 20.3. The Hall–Kier alpha value is -3.03. The van der Waals surface area contributed by atoms with Crippen LogP contribution in [0.5, 0.6) is 5.75 Å². The standard InChI is InChI=1S/C22H18ClNO5S/c1-2-28-13-7-8-16(23)15(11-13)20(25)18-19(17-6-4-10-30-17)24(22(27)21(18)26)12-14-5-3-9-29-14/h3-11,19,25H,2,12H2,1H3/b20-18-. The first-order valence-electron chi connectivity index (χ1n) is 9.28. The number of ether oxygens (including phenoxy) is 1. The van der Waals surface area contributed by atoms with E-state index in [-0.39, 0.29) is 28.5 Å². The summed E-state index contributed by atoms with van der Waals surface area (Å²) in [6.07, 6.45) is 1.51. The number of hydrogen-bond acceptors (Lipinski definition) is 6. The molecule has 1 atom stereocenters. The molecule has 0 aliphatic carbocycles. The molecule has 1 aliphatic heterocycles. The highest BCUT2D eigenvalue weighted by Gasteiger charge is 2.47. The number of carbonyl (C=O) groups is 2. The van der Waals surface area contributed by atoms with E-state index >= 15 is 0 Å². The van der Waals surface area contributed by atoms with Crippen LogP contribution < -0.4 is 4.74 Å². The lowest BCUT2D eigenvalue weighted by Gasteiger charge is -2.23. The molecule has 1 fully saturated rings. The minimum absolute atomic E-state index is 0.00967. The van der Waals surface area contributed by atoms with Crippen molar-refractivity contribution in [3.8, 4) is 5.75 Å². The van der Waals surface area contributed by atoms with E-state index in [0.29, 0.717) is 18.1 Å². The van der Waals surface area contributed by atoms with Gasteiger partial charge in [-0.05, 0) is 48.7 Å². The topological polar surface area (TPSA) is 80.0 Å². The van der Waals surface area contributed by atoms with Gasteiger partial charge in [-0.3, -0.25) is 9.59 Å². The monoisotopic (exact) mass is 443 g/mol. The number of hydrogen-bond donors (Lipinski definition) is 1. The highest BCUT2D eigenvalue weighted by molar-refractivity contribution is 7.10. The Bertz CT molecular complexity index is 1100. The zero-order valence-corrected chi connectivity index (χ0v) is 17.6. The van der Waals surface area contributed by atoms with Gasteiger partial charge in [0.25, 0.3) is 11.7 Å². The van der Waals surface area contributed by atoms with Crippen LogP contribution in [-0.4, -0.2) is 28.3 Å². The first-order chi connectivity index (χ1) is 14.5. The number of likely N-dealkylation sites (tertiary alicyclic amines) is 1. The number of thiophene rings is 1. The van der Waals surface area contributed by atoms with E-state index in [9.17, 15) is 14.7 Å². The predicted octanol–water partition coefficient (Wildman–Crippen LogP) is 5.02. The second-order valence-electron chi connectivity index (χ2n) is 6.60. The van der Waals surface area contributed by atoms with E-state index in [1.807, 2.05) is 24.4 Å². The van der Waals surface area contributed by atoms with Crippen molar-refractivity contribution in [3.63, 3.8) is 0 Å². The van der Waals surface area contributed by atoms with E-state index in [1.165, 1.54) is 22.5 Å². The minimum Gasteiger partial charge on any atom is -0.507 e. The Morgan fingerprint density at radius 1 is 1.27 bits per heavy atom. The van der Waals surface area contributed by atoms with Gasteiger partial charge < -0.3 is 19.2 Å². The van der Waals surface area contributed by atoms with Crippen molar-refractivity contribution in [2.45, 2.75) is 19.5 Å². The summed E-state index contributed by atoms with van der Waals surface area (Å²) >= 11 is 7.70. The molecule has 0 spiro atoms. The van der Waals surface area contributed by atoms with Crippen molar-refractivity contribution >= 4 is 40.4 Å². The van der Waals surface area contributed by atoms with Crippen molar-refractivity contribution in [2.75, 3.05) is 6.61 Å². The van der Waals surface area contributed by atoms with Crippen LogP contribution in [-0.2, 0) is 16.1 Å². The molecule has 154 valence electrons. The molecule has 8 heteroatoms. The lowest BCUT2D eigenvalue weighted by Crippen LogP contribution is -2.28. The average Bonchev–Trinajstić information content (AvgIpc) is 3.48. The number of nitrogens with zero attached hydrogens (tertiary/aromatic N) is 1. The number of aliphatic hydroxyl groups is 1. The Labute approximate surface area is 181 Å². The third-order valence-electron chi connectivity index (χ3n) is 4.76. The van der Waals surface area contributed by atoms with E-state index in [0.717, 1.165) is 4.88 Å². The quantitative estimate of drug-likeness (QED) is 0.329. The lowest BCUT2D eigenvalue weighted by molar-refractivity contribution is -0.140. The van der Waals surface area contributed by atoms with Crippen molar-refractivity contribution < 1.29 is 23.8 Å². The molecule has 1 saturated heterocycles. The molecule has 3 aromatic rings. The summed E-state index contributed by atoms with van der Waals surface area (Å²) in [5.74, 6) is -0.769. The highest BCUT2D eigenvalue weighted by Crippen LogP contribution is 2.43. The van der Waals surface area contributed by atoms with Crippen molar-refractivity contribution in [1.82, 2.24) is 4.90 Å². The van der Waals surface area contributed by atoms with Crippen LogP contribution in [0.2, 0.25) is 5.02 Å². The number of amides is 1. The van der Waals surface area contributed by atoms with E-state index < -0.39 is 17.7 Å². The van der Waals surface area contributed by atoms with E-state index in [2.05, 4.69) is 0 Å². The van der Waals surface area contributed by atoms with Crippen LogP contribution in [0.3, 0.4) is 0 Å². The number of Topliss-reactive ketones (excluding diaryl/α,β-unsaturated/α-hetero) is 1. The molecule has 0 bridgehead atoms. The Kier molecular flexibility index (Phi) is 5.65. The smallest absolute Gasteiger partial charge is 0.296 e. The van der Waals surface area contributed by atoms with Gasteiger partial charge in [-0.2, -0.15) is 0 Å². The Morgan fingerprint density at radius 2 is 2.10 bits per heavy atom. The summed E-state index contributed by atoms with van der Waals surface area (Å²) in [6.45, 7) is 2.37. The number of rotatable bonds is 6. The van der Waals surface area contributed by atoms with Gasteiger partial charge in [0.1, 0.15) is 23.3 Å². The van der Waals surface area contributed by atoms with E-state index in [1.54, 1.807) is 30.3 Å². The second-order valence-corrected chi connectivity index (χ2v) is 7.98. The maximum Gasteiger partial charge on any atom is 0.296 e. The molecule has 2 aromatic heterocycles. The number of aliphatic hydroxyl groups excluding tert-OH is 1.